The fourth-order valence-electron chi connectivity index (χ4n) is 3.31. The Kier molecular flexibility index (Phi) is 4.94. The molecule has 8 nitrogen and oxygen atoms in total. The van der Waals surface area contributed by atoms with Crippen molar-refractivity contribution in [3.63, 3.8) is 0 Å². The Bertz CT molecular complexity index is 1110. The summed E-state index contributed by atoms with van der Waals surface area (Å²) < 4.78 is 26.7. The number of rotatable bonds is 4. The lowest BCUT2D eigenvalue weighted by Crippen LogP contribution is -2.43. The molecule has 0 radical (unpaired) electrons. The molecular formula is C19H14ClF2N5O3. The van der Waals surface area contributed by atoms with Crippen molar-refractivity contribution in [3.05, 3.63) is 58.6 Å². The van der Waals surface area contributed by atoms with Crippen LogP contribution in [-0.4, -0.2) is 41.4 Å². The number of carbonyl (C=O) groups is 3. The van der Waals surface area contributed by atoms with Crippen molar-refractivity contribution in [3.8, 4) is 0 Å². The van der Waals surface area contributed by atoms with Crippen LogP contribution in [0.25, 0.3) is 0 Å². The van der Waals surface area contributed by atoms with E-state index >= 15 is 0 Å². The lowest BCUT2D eigenvalue weighted by Gasteiger charge is -2.20. The first-order chi connectivity index (χ1) is 14.3. The summed E-state index contributed by atoms with van der Waals surface area (Å²) in [5, 5.41) is 11.8. The molecule has 2 aromatic rings. The van der Waals surface area contributed by atoms with Gasteiger partial charge in [-0.1, -0.05) is 22.9 Å². The molecule has 2 atom stereocenters. The van der Waals surface area contributed by atoms with Gasteiger partial charge in [-0.15, -0.1) is 0 Å². The van der Waals surface area contributed by atoms with Crippen LogP contribution in [0.15, 0.2) is 46.7 Å². The maximum absolute atomic E-state index is 13.6. The second-order valence-corrected chi connectivity index (χ2v) is 7.17. The Labute approximate surface area is 174 Å². The number of nitrogens with one attached hydrogen (secondary N) is 1. The molecule has 2 aromatic carbocycles. The normalized spacial score (nSPS) is 20.1. The van der Waals surface area contributed by atoms with E-state index in [0.717, 1.165) is 28.1 Å². The molecule has 0 saturated carbocycles. The Morgan fingerprint density at radius 3 is 2.67 bits per heavy atom. The molecule has 0 unspecified atom stereocenters. The Hall–Kier alpha value is -3.40. The third-order valence-electron chi connectivity index (χ3n) is 4.87. The highest BCUT2D eigenvalue weighted by Gasteiger charge is 2.55. The predicted octanol–water partition coefficient (Wildman–Crippen LogP) is 2.86. The van der Waals surface area contributed by atoms with Gasteiger partial charge in [0.1, 0.15) is 6.54 Å². The average molecular weight is 434 g/mol. The van der Waals surface area contributed by atoms with Crippen molar-refractivity contribution in [2.24, 2.45) is 10.3 Å². The first-order valence-corrected chi connectivity index (χ1v) is 9.21. The van der Waals surface area contributed by atoms with E-state index in [-0.39, 0.29) is 12.2 Å². The van der Waals surface area contributed by atoms with Gasteiger partial charge in [0.2, 0.25) is 5.91 Å². The molecule has 0 aromatic heterocycles. The van der Waals surface area contributed by atoms with Gasteiger partial charge in [-0.3, -0.25) is 19.4 Å². The fourth-order valence-corrected chi connectivity index (χ4v) is 3.49. The molecule has 0 aliphatic carbocycles. The summed E-state index contributed by atoms with van der Waals surface area (Å²) in [6.07, 6.45) is 0. The third kappa shape index (κ3) is 3.28. The quantitative estimate of drug-likeness (QED) is 0.750. The summed E-state index contributed by atoms with van der Waals surface area (Å²) in [4.78, 5) is 38.6. The van der Waals surface area contributed by atoms with Gasteiger partial charge in [0.15, 0.2) is 23.7 Å². The standard InChI is InChI=1S/C19H14ClF2N5O3/c1-9-11(20)3-2-4-14(9)23-15(28)8-26-17-16(24-25-26)18(29)27(19(17)30)10-5-6-12(21)13(22)7-10/h2-7,16-17H,8H2,1H3,(H,23,28)/t16-,17-/m1/s1. The molecule has 4 rings (SSSR count). The third-order valence-corrected chi connectivity index (χ3v) is 5.28. The molecule has 1 N–H and O–H groups in total. The van der Waals surface area contributed by atoms with Crippen molar-refractivity contribution in [1.82, 2.24) is 5.01 Å². The van der Waals surface area contributed by atoms with Gasteiger partial charge in [0.05, 0.1) is 5.69 Å². The first-order valence-electron chi connectivity index (χ1n) is 8.83. The maximum Gasteiger partial charge on any atom is 0.263 e. The molecule has 11 heteroatoms. The number of halogens is 3. The highest BCUT2D eigenvalue weighted by Crippen LogP contribution is 2.32. The number of imide groups is 1. The smallest absolute Gasteiger partial charge is 0.263 e. The lowest BCUT2D eigenvalue weighted by molar-refractivity contribution is -0.123. The van der Waals surface area contributed by atoms with Gasteiger partial charge >= 0.3 is 0 Å². The molecule has 2 aliphatic heterocycles. The van der Waals surface area contributed by atoms with Crippen LogP contribution in [0, 0.1) is 18.6 Å². The Balaban J connectivity index is 1.51. The minimum Gasteiger partial charge on any atom is -0.324 e. The van der Waals surface area contributed by atoms with Crippen molar-refractivity contribution in [2.45, 2.75) is 19.0 Å². The number of fused-ring (bicyclic) bond motifs is 1. The molecule has 30 heavy (non-hydrogen) atoms. The van der Waals surface area contributed by atoms with E-state index in [1.54, 1.807) is 25.1 Å². The van der Waals surface area contributed by atoms with Gasteiger partial charge in [-0.05, 0) is 36.8 Å². The molecule has 0 spiro atoms. The molecular weight excluding hydrogens is 420 g/mol. The highest BCUT2D eigenvalue weighted by molar-refractivity contribution is 6.31. The zero-order valence-corrected chi connectivity index (χ0v) is 16.2. The van der Waals surface area contributed by atoms with Crippen molar-refractivity contribution in [1.29, 1.82) is 0 Å². The van der Waals surface area contributed by atoms with Crippen LogP contribution in [0.3, 0.4) is 0 Å². The SMILES string of the molecule is Cc1c(Cl)cccc1NC(=O)CN1N=N[C@H]2C(=O)N(c3ccc(F)c(F)c3)C(=O)[C@@H]21. The van der Waals surface area contributed by atoms with Gasteiger partial charge < -0.3 is 5.32 Å². The number of amides is 3. The number of anilines is 2. The zero-order chi connectivity index (χ0) is 21.6. The van der Waals surface area contributed by atoms with Crippen molar-refractivity contribution in [2.75, 3.05) is 16.8 Å². The number of benzene rings is 2. The molecule has 2 heterocycles. The van der Waals surface area contributed by atoms with Gasteiger partial charge in [0.25, 0.3) is 11.8 Å². The van der Waals surface area contributed by atoms with E-state index in [1.165, 1.54) is 0 Å². The van der Waals surface area contributed by atoms with Gasteiger partial charge in [0, 0.05) is 16.8 Å². The zero-order valence-electron chi connectivity index (χ0n) is 15.5. The molecule has 1 saturated heterocycles. The van der Waals surface area contributed by atoms with E-state index in [0.29, 0.717) is 16.3 Å². The fraction of sp³-hybridized carbons (Fsp3) is 0.211. The minimum atomic E-state index is -1.19. The number of hydrogen-bond donors (Lipinski definition) is 1. The van der Waals surface area contributed by atoms with Gasteiger partial charge in [-0.25, -0.2) is 13.7 Å². The van der Waals surface area contributed by atoms with E-state index in [2.05, 4.69) is 15.7 Å². The minimum absolute atomic E-state index is 0.118. The Morgan fingerprint density at radius 1 is 1.17 bits per heavy atom. The topological polar surface area (TPSA) is 94.4 Å². The average Bonchev–Trinajstić information content (AvgIpc) is 3.21. The summed E-state index contributed by atoms with van der Waals surface area (Å²) >= 11 is 6.04. The molecule has 0 bridgehead atoms. The van der Waals surface area contributed by atoms with Crippen LogP contribution in [0.4, 0.5) is 20.2 Å². The van der Waals surface area contributed by atoms with E-state index in [4.69, 9.17) is 11.6 Å². The van der Waals surface area contributed by atoms with Crippen molar-refractivity contribution < 1.29 is 23.2 Å². The summed E-state index contributed by atoms with van der Waals surface area (Å²) in [6, 6.07) is 5.41. The molecule has 3 amide bonds. The summed E-state index contributed by atoms with van der Waals surface area (Å²) in [6.45, 7) is 1.39. The van der Waals surface area contributed by atoms with Gasteiger partial charge in [-0.2, -0.15) is 5.11 Å². The lowest BCUT2D eigenvalue weighted by atomic mass is 10.1. The van der Waals surface area contributed by atoms with E-state index in [9.17, 15) is 23.2 Å². The second kappa shape index (κ2) is 7.45. The number of hydrogen-bond acceptors (Lipinski definition) is 6. The molecule has 154 valence electrons. The first kappa shape index (κ1) is 19.9. The van der Waals surface area contributed by atoms with Crippen LogP contribution in [-0.2, 0) is 14.4 Å². The molecule has 1 fully saturated rings. The van der Waals surface area contributed by atoms with Crippen molar-refractivity contribution >= 4 is 40.7 Å². The van der Waals surface area contributed by atoms with Crippen LogP contribution in [0.5, 0.6) is 0 Å². The molecule has 2 aliphatic rings. The number of nitrogens with zero attached hydrogens (tertiary/aromatic N) is 4. The highest BCUT2D eigenvalue weighted by atomic mass is 35.5. The van der Waals surface area contributed by atoms with Crippen LogP contribution in [0.2, 0.25) is 5.02 Å². The summed E-state index contributed by atoms with van der Waals surface area (Å²) in [5.41, 5.74) is 1.05. The monoisotopic (exact) mass is 433 g/mol. The maximum atomic E-state index is 13.6. The largest absolute Gasteiger partial charge is 0.324 e. The van der Waals surface area contributed by atoms with E-state index in [1.807, 2.05) is 0 Å². The van der Waals surface area contributed by atoms with Crippen LogP contribution in [0.1, 0.15) is 5.56 Å². The Morgan fingerprint density at radius 2 is 1.93 bits per heavy atom. The van der Waals surface area contributed by atoms with Crippen LogP contribution >= 0.6 is 11.6 Å². The van der Waals surface area contributed by atoms with E-state index < -0.39 is 41.4 Å². The summed E-state index contributed by atoms with van der Waals surface area (Å²) in [5.74, 6) is -4.25. The predicted molar refractivity (Wildman–Crippen MR) is 103 cm³/mol. The number of carbonyl (C=O) groups excluding carboxylic acids is 3. The summed E-state index contributed by atoms with van der Waals surface area (Å²) in [7, 11) is 0. The second-order valence-electron chi connectivity index (χ2n) is 6.76. The van der Waals surface area contributed by atoms with Crippen LogP contribution < -0.4 is 10.2 Å².